The Morgan fingerprint density at radius 3 is 2.29 bits per heavy atom. The second kappa shape index (κ2) is 5.33. The molecule has 3 N–H and O–H groups in total. The van der Waals surface area contributed by atoms with Crippen molar-refractivity contribution in [3.05, 3.63) is 0 Å². The maximum Gasteiger partial charge on any atom is 0.237 e. The summed E-state index contributed by atoms with van der Waals surface area (Å²) >= 11 is 0. The van der Waals surface area contributed by atoms with Crippen molar-refractivity contribution in [3.63, 3.8) is 0 Å². The summed E-state index contributed by atoms with van der Waals surface area (Å²) in [5, 5.41) is 3.28. The quantitative estimate of drug-likeness (QED) is 0.710. The summed E-state index contributed by atoms with van der Waals surface area (Å²) < 4.78 is 5.42. The Morgan fingerprint density at radius 1 is 1.35 bits per heavy atom. The van der Waals surface area contributed by atoms with E-state index in [0.29, 0.717) is 6.42 Å². The first-order chi connectivity index (χ1) is 7.82. The number of primary amides is 1. The third-order valence-corrected chi connectivity index (χ3v) is 3.67. The van der Waals surface area contributed by atoms with Gasteiger partial charge < -0.3 is 15.8 Å². The second-order valence-corrected chi connectivity index (χ2v) is 5.52. The summed E-state index contributed by atoms with van der Waals surface area (Å²) in [6.07, 6.45) is 0.603. The van der Waals surface area contributed by atoms with Crippen LogP contribution in [-0.2, 0) is 9.53 Å². The number of carbonyl (C=O) groups is 1. The molecule has 100 valence electrons. The number of piperazine rings is 1. The highest BCUT2D eigenvalue weighted by atomic mass is 16.5. The van der Waals surface area contributed by atoms with Crippen molar-refractivity contribution in [1.29, 1.82) is 0 Å². The highest BCUT2D eigenvalue weighted by Gasteiger charge is 2.42. The van der Waals surface area contributed by atoms with Crippen LogP contribution in [-0.4, -0.2) is 55.2 Å². The maximum atomic E-state index is 11.8. The molecule has 0 radical (unpaired) electrons. The summed E-state index contributed by atoms with van der Waals surface area (Å²) in [6, 6.07) is 0. The zero-order valence-electron chi connectivity index (χ0n) is 11.4. The number of nitrogens with one attached hydrogen (secondary N) is 1. The first kappa shape index (κ1) is 14.4. The maximum absolute atomic E-state index is 11.8. The van der Waals surface area contributed by atoms with Crippen molar-refractivity contribution >= 4 is 5.91 Å². The first-order valence-electron chi connectivity index (χ1n) is 6.13. The van der Waals surface area contributed by atoms with Gasteiger partial charge in [0.05, 0.1) is 5.60 Å². The highest BCUT2D eigenvalue weighted by Crippen LogP contribution is 2.28. The molecular weight excluding hydrogens is 218 g/mol. The number of hydrogen-bond acceptors (Lipinski definition) is 4. The fourth-order valence-electron chi connectivity index (χ4n) is 2.41. The molecule has 0 bridgehead atoms. The van der Waals surface area contributed by atoms with Crippen LogP contribution in [0.2, 0.25) is 0 Å². The number of nitrogens with two attached hydrogens (primary N) is 1. The average molecular weight is 243 g/mol. The smallest absolute Gasteiger partial charge is 0.237 e. The Bertz CT molecular complexity index is 275. The molecule has 1 amide bonds. The molecule has 1 aliphatic rings. The average Bonchev–Trinajstić information content (AvgIpc) is 2.29. The molecule has 0 spiro atoms. The van der Waals surface area contributed by atoms with Gasteiger partial charge in [0.15, 0.2) is 0 Å². The lowest BCUT2D eigenvalue weighted by Crippen LogP contribution is -2.62. The van der Waals surface area contributed by atoms with E-state index in [-0.39, 0.29) is 11.5 Å². The van der Waals surface area contributed by atoms with Crippen LogP contribution in [0.4, 0.5) is 0 Å². The molecule has 1 atom stereocenters. The summed E-state index contributed by atoms with van der Waals surface area (Å²) in [5.74, 6) is -0.274. The highest BCUT2D eigenvalue weighted by molar-refractivity contribution is 5.84. The van der Waals surface area contributed by atoms with Gasteiger partial charge in [-0.2, -0.15) is 0 Å². The minimum atomic E-state index is -0.637. The molecule has 1 aliphatic heterocycles. The predicted molar refractivity (Wildman–Crippen MR) is 67.7 cm³/mol. The van der Waals surface area contributed by atoms with E-state index in [0.717, 1.165) is 26.2 Å². The molecule has 1 heterocycles. The lowest BCUT2D eigenvalue weighted by molar-refractivity contribution is -0.135. The van der Waals surface area contributed by atoms with Crippen LogP contribution < -0.4 is 11.1 Å². The topological polar surface area (TPSA) is 67.6 Å². The Labute approximate surface area is 104 Å². The van der Waals surface area contributed by atoms with E-state index >= 15 is 0 Å². The molecule has 17 heavy (non-hydrogen) atoms. The molecule has 5 nitrogen and oxygen atoms in total. The molecule has 0 aromatic rings. The normalized spacial score (nSPS) is 22.1. The fourth-order valence-corrected chi connectivity index (χ4v) is 2.41. The van der Waals surface area contributed by atoms with Gasteiger partial charge in [-0.05, 0) is 20.8 Å². The fraction of sp³-hybridized carbons (Fsp3) is 0.917. The van der Waals surface area contributed by atoms with Crippen LogP contribution in [0.15, 0.2) is 0 Å². The van der Waals surface area contributed by atoms with Crippen molar-refractivity contribution in [2.24, 2.45) is 5.73 Å². The molecule has 5 heteroatoms. The van der Waals surface area contributed by atoms with Crippen molar-refractivity contribution in [1.82, 2.24) is 10.2 Å². The molecule has 0 saturated carbocycles. The Kier molecular flexibility index (Phi) is 4.52. The van der Waals surface area contributed by atoms with E-state index in [9.17, 15) is 4.79 Å². The monoisotopic (exact) mass is 243 g/mol. The van der Waals surface area contributed by atoms with Crippen LogP contribution in [0.3, 0.4) is 0 Å². The van der Waals surface area contributed by atoms with E-state index in [1.807, 2.05) is 20.8 Å². The summed E-state index contributed by atoms with van der Waals surface area (Å²) in [4.78, 5) is 14.0. The van der Waals surface area contributed by atoms with E-state index in [1.54, 1.807) is 7.11 Å². The van der Waals surface area contributed by atoms with Gasteiger partial charge in [0.25, 0.3) is 0 Å². The largest absolute Gasteiger partial charge is 0.379 e. The Balaban J connectivity index is 2.84. The third-order valence-electron chi connectivity index (χ3n) is 3.67. The number of methoxy groups -OCH3 is 1. The van der Waals surface area contributed by atoms with E-state index in [1.165, 1.54) is 0 Å². The van der Waals surface area contributed by atoms with Crippen LogP contribution in [0, 0.1) is 0 Å². The molecule has 1 unspecified atom stereocenters. The van der Waals surface area contributed by atoms with Gasteiger partial charge in [-0.25, -0.2) is 0 Å². The molecule has 1 rings (SSSR count). The van der Waals surface area contributed by atoms with Crippen molar-refractivity contribution in [2.45, 2.75) is 38.3 Å². The molecule has 0 aromatic heterocycles. The number of ether oxygens (including phenoxy) is 1. The van der Waals surface area contributed by atoms with Crippen LogP contribution >= 0.6 is 0 Å². The molecule has 0 aromatic carbocycles. The summed E-state index contributed by atoms with van der Waals surface area (Å²) in [6.45, 7) is 9.37. The standard InChI is InChI=1S/C12H25N3O2/c1-11(2,17-4)9-12(3,10(13)16)15-7-5-14-6-8-15/h14H,5-9H2,1-4H3,(H2,13,16). The number of hydrogen-bond donors (Lipinski definition) is 2. The number of amides is 1. The lowest BCUT2D eigenvalue weighted by Gasteiger charge is -2.44. The number of carbonyl (C=O) groups excluding carboxylic acids is 1. The minimum absolute atomic E-state index is 0.274. The van der Waals surface area contributed by atoms with Gasteiger partial charge in [0.1, 0.15) is 5.54 Å². The van der Waals surface area contributed by atoms with Gasteiger partial charge in [-0.15, -0.1) is 0 Å². The van der Waals surface area contributed by atoms with Gasteiger partial charge in [-0.1, -0.05) is 0 Å². The van der Waals surface area contributed by atoms with Crippen LogP contribution in [0.25, 0.3) is 0 Å². The van der Waals surface area contributed by atoms with Crippen LogP contribution in [0.5, 0.6) is 0 Å². The van der Waals surface area contributed by atoms with Gasteiger partial charge >= 0.3 is 0 Å². The van der Waals surface area contributed by atoms with Gasteiger partial charge in [0, 0.05) is 39.7 Å². The zero-order valence-corrected chi connectivity index (χ0v) is 11.4. The molecular formula is C12H25N3O2. The minimum Gasteiger partial charge on any atom is -0.379 e. The summed E-state index contributed by atoms with van der Waals surface area (Å²) in [5.41, 5.74) is 4.62. The molecule has 0 aliphatic carbocycles. The predicted octanol–water partition coefficient (Wildman–Crippen LogP) is -0.0493. The Morgan fingerprint density at radius 2 is 1.88 bits per heavy atom. The van der Waals surface area contributed by atoms with Crippen molar-refractivity contribution in [2.75, 3.05) is 33.3 Å². The third kappa shape index (κ3) is 3.40. The van der Waals surface area contributed by atoms with E-state index < -0.39 is 5.54 Å². The van der Waals surface area contributed by atoms with Crippen molar-refractivity contribution < 1.29 is 9.53 Å². The lowest BCUT2D eigenvalue weighted by atomic mass is 9.85. The molecule has 1 saturated heterocycles. The van der Waals surface area contributed by atoms with Crippen LogP contribution in [0.1, 0.15) is 27.2 Å². The number of rotatable bonds is 5. The van der Waals surface area contributed by atoms with Crippen molar-refractivity contribution in [3.8, 4) is 0 Å². The summed E-state index contributed by atoms with van der Waals surface area (Å²) in [7, 11) is 1.67. The number of nitrogens with zero attached hydrogens (tertiary/aromatic N) is 1. The second-order valence-electron chi connectivity index (χ2n) is 5.52. The zero-order chi connectivity index (χ0) is 13.1. The Hall–Kier alpha value is -0.650. The molecule has 1 fully saturated rings. The SMILES string of the molecule is COC(C)(C)CC(C)(C(N)=O)N1CCNCC1. The van der Waals surface area contributed by atoms with Gasteiger partial charge in [0.2, 0.25) is 5.91 Å². The first-order valence-corrected chi connectivity index (χ1v) is 6.13. The van der Waals surface area contributed by atoms with Gasteiger partial charge in [-0.3, -0.25) is 9.69 Å². The van der Waals surface area contributed by atoms with E-state index in [4.69, 9.17) is 10.5 Å². The van der Waals surface area contributed by atoms with E-state index in [2.05, 4.69) is 10.2 Å².